The molecule has 2 bridgehead atoms. The van der Waals surface area contributed by atoms with Gasteiger partial charge in [0.2, 0.25) is 0 Å². The minimum absolute atomic E-state index is 0.0120. The molecule has 1 aromatic rings. The largest absolute Gasteiger partial charge is 0.425 e. The van der Waals surface area contributed by atoms with Gasteiger partial charge in [-0.25, -0.2) is 0 Å². The van der Waals surface area contributed by atoms with Crippen molar-refractivity contribution in [2.45, 2.75) is 135 Å². The summed E-state index contributed by atoms with van der Waals surface area (Å²) in [6.45, 7) is 4.50. The third kappa shape index (κ3) is 6.06. The minimum Gasteiger partial charge on any atom is -0.425 e. The standard InChI is InChI=1S/C33H46N2O2/c1-3-5-7-9-25-10-12-26(13-11-25)31(36)37-30-15-14-29(27(23-34)28(30)24-35)33-20-17-32(18-21-33,19-22-33)16-8-6-4-2/h14-15,25-26H,3-13,16-22H2,1-2H3. The average Bonchev–Trinajstić information content (AvgIpc) is 2.94. The van der Waals surface area contributed by atoms with Crippen molar-refractivity contribution in [3.63, 3.8) is 0 Å². The number of nitriles is 2. The zero-order chi connectivity index (χ0) is 26.3. The Bertz CT molecular complexity index is 997. The maximum absolute atomic E-state index is 13.0. The highest BCUT2D eigenvalue weighted by molar-refractivity contribution is 5.76. The van der Waals surface area contributed by atoms with Gasteiger partial charge in [-0.3, -0.25) is 4.79 Å². The van der Waals surface area contributed by atoms with Gasteiger partial charge in [0.05, 0.1) is 11.5 Å². The molecule has 200 valence electrons. The van der Waals surface area contributed by atoms with Gasteiger partial charge < -0.3 is 4.74 Å². The first-order valence-electron chi connectivity index (χ1n) is 15.2. The summed E-state index contributed by atoms with van der Waals surface area (Å²) >= 11 is 0. The number of esters is 1. The van der Waals surface area contributed by atoms with Crippen molar-refractivity contribution >= 4 is 5.97 Å². The summed E-state index contributed by atoms with van der Waals surface area (Å²) in [6, 6.07) is 8.39. The molecular formula is C33H46N2O2. The van der Waals surface area contributed by atoms with E-state index in [0.717, 1.165) is 56.4 Å². The molecule has 0 aliphatic heterocycles. The van der Waals surface area contributed by atoms with Gasteiger partial charge in [0.15, 0.2) is 0 Å². The molecule has 0 N–H and O–H groups in total. The van der Waals surface area contributed by atoms with Gasteiger partial charge >= 0.3 is 5.97 Å². The van der Waals surface area contributed by atoms with Crippen LogP contribution < -0.4 is 4.74 Å². The maximum Gasteiger partial charge on any atom is 0.314 e. The highest BCUT2D eigenvalue weighted by Crippen LogP contribution is 2.60. The maximum atomic E-state index is 13.0. The monoisotopic (exact) mass is 502 g/mol. The van der Waals surface area contributed by atoms with Crippen LogP contribution in [-0.2, 0) is 10.2 Å². The zero-order valence-electron chi connectivity index (χ0n) is 23.2. The topological polar surface area (TPSA) is 73.9 Å². The van der Waals surface area contributed by atoms with E-state index >= 15 is 0 Å². The molecule has 0 heterocycles. The van der Waals surface area contributed by atoms with Gasteiger partial charge in [-0.15, -0.1) is 0 Å². The first-order chi connectivity index (χ1) is 18.0. The Morgan fingerprint density at radius 2 is 1.49 bits per heavy atom. The molecule has 4 heteroatoms. The molecule has 4 nitrogen and oxygen atoms in total. The highest BCUT2D eigenvalue weighted by Gasteiger charge is 2.50. The molecule has 4 aliphatic rings. The number of carbonyl (C=O) groups excluding carboxylic acids is 1. The predicted molar refractivity (Wildman–Crippen MR) is 147 cm³/mol. The van der Waals surface area contributed by atoms with Gasteiger partial charge in [-0.2, -0.15) is 10.5 Å². The molecule has 0 amide bonds. The molecule has 0 aromatic heterocycles. The molecule has 0 radical (unpaired) electrons. The number of hydrogen-bond acceptors (Lipinski definition) is 4. The van der Waals surface area contributed by atoms with E-state index in [1.165, 1.54) is 70.6 Å². The summed E-state index contributed by atoms with van der Waals surface area (Å²) in [7, 11) is 0. The van der Waals surface area contributed by atoms with E-state index < -0.39 is 0 Å². The van der Waals surface area contributed by atoms with Crippen molar-refractivity contribution in [2.75, 3.05) is 0 Å². The summed E-state index contributed by atoms with van der Waals surface area (Å²) in [5.41, 5.74) is 2.18. The summed E-state index contributed by atoms with van der Waals surface area (Å²) in [6.07, 6.45) is 21.2. The number of carbonyl (C=O) groups is 1. The van der Waals surface area contributed by atoms with Crippen molar-refractivity contribution < 1.29 is 9.53 Å². The minimum atomic E-state index is -0.231. The van der Waals surface area contributed by atoms with Crippen LogP contribution in [0.1, 0.15) is 146 Å². The smallest absolute Gasteiger partial charge is 0.314 e. The van der Waals surface area contributed by atoms with Crippen LogP contribution in [0.15, 0.2) is 12.1 Å². The lowest BCUT2D eigenvalue weighted by Crippen LogP contribution is -2.44. The molecule has 4 aliphatic carbocycles. The number of benzene rings is 1. The number of fused-ring (bicyclic) bond motifs is 3. The van der Waals surface area contributed by atoms with Crippen molar-refractivity contribution in [3.8, 4) is 17.9 Å². The van der Waals surface area contributed by atoms with E-state index in [9.17, 15) is 15.3 Å². The normalized spacial score (nSPS) is 28.9. The summed E-state index contributed by atoms with van der Waals surface area (Å²) in [5.74, 6) is 0.668. The second-order valence-corrected chi connectivity index (χ2v) is 12.5. The fraction of sp³-hybridized carbons (Fsp3) is 0.727. The third-order valence-corrected chi connectivity index (χ3v) is 10.3. The molecule has 4 saturated carbocycles. The van der Waals surface area contributed by atoms with Gasteiger partial charge in [0, 0.05) is 0 Å². The fourth-order valence-corrected chi connectivity index (χ4v) is 7.69. The van der Waals surface area contributed by atoms with E-state index in [1.807, 2.05) is 6.07 Å². The lowest BCUT2D eigenvalue weighted by molar-refractivity contribution is -0.140. The quantitative estimate of drug-likeness (QED) is 0.172. The molecule has 4 fully saturated rings. The summed E-state index contributed by atoms with van der Waals surface area (Å²) in [4.78, 5) is 13.0. The van der Waals surface area contributed by atoms with Crippen LogP contribution in [-0.4, -0.2) is 5.97 Å². The highest BCUT2D eigenvalue weighted by atomic mass is 16.5. The molecule has 5 rings (SSSR count). The Labute approximate surface area is 224 Å². The second-order valence-electron chi connectivity index (χ2n) is 12.5. The van der Waals surface area contributed by atoms with Crippen molar-refractivity contribution in [3.05, 3.63) is 28.8 Å². The lowest BCUT2D eigenvalue weighted by atomic mass is 9.50. The van der Waals surface area contributed by atoms with Gasteiger partial charge in [0.1, 0.15) is 23.5 Å². The Hall–Kier alpha value is -2.33. The molecule has 0 saturated heterocycles. The Kier molecular flexibility index (Phi) is 9.34. The van der Waals surface area contributed by atoms with Gasteiger partial charge in [0.25, 0.3) is 0 Å². The van der Waals surface area contributed by atoms with Crippen molar-refractivity contribution in [1.82, 2.24) is 0 Å². The van der Waals surface area contributed by atoms with Gasteiger partial charge in [-0.1, -0.05) is 64.9 Å². The first-order valence-corrected chi connectivity index (χ1v) is 15.2. The predicted octanol–water partition coefficient (Wildman–Crippen LogP) is 8.89. The van der Waals surface area contributed by atoms with Crippen LogP contribution in [0.4, 0.5) is 0 Å². The molecular weight excluding hydrogens is 456 g/mol. The Morgan fingerprint density at radius 3 is 2.08 bits per heavy atom. The molecule has 0 spiro atoms. The number of unbranched alkanes of at least 4 members (excludes halogenated alkanes) is 4. The van der Waals surface area contributed by atoms with Crippen LogP contribution in [0.2, 0.25) is 0 Å². The van der Waals surface area contributed by atoms with Crippen molar-refractivity contribution in [2.24, 2.45) is 17.3 Å². The molecule has 0 unspecified atom stereocenters. The lowest BCUT2D eigenvalue weighted by Gasteiger charge is -2.54. The Balaban J connectivity index is 1.43. The number of hydrogen-bond donors (Lipinski definition) is 0. The summed E-state index contributed by atoms with van der Waals surface area (Å²) < 4.78 is 5.83. The van der Waals surface area contributed by atoms with Crippen LogP contribution in [0.3, 0.4) is 0 Å². The number of rotatable bonds is 11. The molecule has 0 atom stereocenters. The van der Waals surface area contributed by atoms with Crippen LogP contribution in [0, 0.1) is 39.9 Å². The Morgan fingerprint density at radius 1 is 0.865 bits per heavy atom. The fourth-order valence-electron chi connectivity index (χ4n) is 7.69. The van der Waals surface area contributed by atoms with E-state index in [1.54, 1.807) is 6.07 Å². The van der Waals surface area contributed by atoms with E-state index in [0.29, 0.717) is 11.0 Å². The number of ether oxygens (including phenoxy) is 1. The van der Waals surface area contributed by atoms with Crippen LogP contribution in [0.5, 0.6) is 5.75 Å². The first kappa shape index (κ1) is 27.7. The summed E-state index contributed by atoms with van der Waals surface area (Å²) in [5, 5.41) is 20.2. The SMILES string of the molecule is CCCCCC1CCC(C(=O)Oc2ccc(C34CCC(CCCCC)(CC3)CC4)c(C#N)c2C#N)CC1. The van der Waals surface area contributed by atoms with Crippen molar-refractivity contribution in [1.29, 1.82) is 10.5 Å². The van der Waals surface area contributed by atoms with Crippen LogP contribution >= 0.6 is 0 Å². The zero-order valence-corrected chi connectivity index (χ0v) is 23.2. The van der Waals surface area contributed by atoms with E-state index in [2.05, 4.69) is 26.0 Å². The van der Waals surface area contributed by atoms with Gasteiger partial charge in [-0.05, 0) is 99.0 Å². The second kappa shape index (κ2) is 12.5. The number of nitrogens with zero attached hydrogens (tertiary/aromatic N) is 2. The van der Waals surface area contributed by atoms with E-state index in [4.69, 9.17) is 4.74 Å². The molecule has 1 aromatic carbocycles. The van der Waals surface area contributed by atoms with E-state index in [-0.39, 0.29) is 28.6 Å². The molecule has 37 heavy (non-hydrogen) atoms. The average molecular weight is 503 g/mol. The third-order valence-electron chi connectivity index (χ3n) is 10.3. The van der Waals surface area contributed by atoms with Crippen LogP contribution in [0.25, 0.3) is 0 Å².